The van der Waals surface area contributed by atoms with Crippen molar-refractivity contribution >= 4 is 17.7 Å². The zero-order chi connectivity index (χ0) is 10.9. The SMILES string of the molecule is CCOC(=O)CCCCCC1C=CCS1. The van der Waals surface area contributed by atoms with Gasteiger partial charge in [0.2, 0.25) is 0 Å². The van der Waals surface area contributed by atoms with Crippen LogP contribution in [0, 0.1) is 0 Å². The minimum Gasteiger partial charge on any atom is -0.466 e. The molecule has 0 aliphatic carbocycles. The fourth-order valence-corrected chi connectivity index (χ4v) is 2.67. The number of rotatable bonds is 7. The summed E-state index contributed by atoms with van der Waals surface area (Å²) in [4.78, 5) is 11.0. The largest absolute Gasteiger partial charge is 0.466 e. The van der Waals surface area contributed by atoms with Gasteiger partial charge in [0.05, 0.1) is 6.61 Å². The van der Waals surface area contributed by atoms with Crippen LogP contribution in [0.25, 0.3) is 0 Å². The Bertz CT molecular complexity index is 214. The summed E-state index contributed by atoms with van der Waals surface area (Å²) < 4.78 is 4.87. The number of carbonyl (C=O) groups is 1. The molecule has 86 valence electrons. The summed E-state index contributed by atoms with van der Waals surface area (Å²) in [5, 5.41) is 0.729. The van der Waals surface area contributed by atoms with Crippen LogP contribution in [-0.2, 0) is 9.53 Å². The molecule has 1 rings (SSSR count). The van der Waals surface area contributed by atoms with Crippen molar-refractivity contribution < 1.29 is 9.53 Å². The van der Waals surface area contributed by atoms with Crippen molar-refractivity contribution in [1.29, 1.82) is 0 Å². The molecule has 1 atom stereocenters. The van der Waals surface area contributed by atoms with Crippen molar-refractivity contribution in [2.45, 2.75) is 44.3 Å². The van der Waals surface area contributed by atoms with Crippen LogP contribution in [0.1, 0.15) is 39.0 Å². The Balaban J connectivity index is 1.88. The molecule has 0 saturated carbocycles. The summed E-state index contributed by atoms with van der Waals surface area (Å²) in [5.74, 6) is 1.13. The first-order chi connectivity index (χ1) is 7.33. The lowest BCUT2D eigenvalue weighted by molar-refractivity contribution is -0.143. The molecule has 2 nitrogen and oxygen atoms in total. The maximum Gasteiger partial charge on any atom is 0.305 e. The minimum absolute atomic E-state index is 0.0485. The normalized spacial score (nSPS) is 19.4. The summed E-state index contributed by atoms with van der Waals surface area (Å²) in [6.45, 7) is 2.35. The van der Waals surface area contributed by atoms with Gasteiger partial charge in [0.1, 0.15) is 0 Å². The third-order valence-electron chi connectivity index (χ3n) is 2.43. The maximum atomic E-state index is 11.0. The monoisotopic (exact) mass is 228 g/mol. The molecule has 0 bridgehead atoms. The van der Waals surface area contributed by atoms with E-state index in [0.717, 1.165) is 18.1 Å². The average molecular weight is 228 g/mol. The van der Waals surface area contributed by atoms with E-state index in [1.54, 1.807) is 0 Å². The first kappa shape index (κ1) is 12.6. The standard InChI is InChI=1S/C12H20O2S/c1-2-14-12(13)9-5-3-4-7-11-8-6-10-15-11/h6,8,11H,2-5,7,9-10H2,1H3. The number of hydrogen-bond acceptors (Lipinski definition) is 3. The van der Waals surface area contributed by atoms with Crippen LogP contribution >= 0.6 is 11.8 Å². The van der Waals surface area contributed by atoms with Gasteiger partial charge in [-0.15, -0.1) is 0 Å². The fraction of sp³-hybridized carbons (Fsp3) is 0.750. The van der Waals surface area contributed by atoms with Gasteiger partial charge in [-0.1, -0.05) is 25.0 Å². The first-order valence-corrected chi connectivity index (χ1v) is 6.81. The number of esters is 1. The Kier molecular flexibility index (Phi) is 6.57. The van der Waals surface area contributed by atoms with E-state index in [1.807, 2.05) is 18.7 Å². The van der Waals surface area contributed by atoms with E-state index >= 15 is 0 Å². The second-order valence-corrected chi connectivity index (χ2v) is 4.98. The van der Waals surface area contributed by atoms with Crippen molar-refractivity contribution in [3.05, 3.63) is 12.2 Å². The minimum atomic E-state index is -0.0485. The molecule has 1 aliphatic rings. The Morgan fingerprint density at radius 1 is 1.47 bits per heavy atom. The molecule has 1 unspecified atom stereocenters. The molecule has 1 aliphatic heterocycles. The Labute approximate surface area is 96.5 Å². The van der Waals surface area contributed by atoms with Crippen LogP contribution in [0.3, 0.4) is 0 Å². The summed E-state index contributed by atoms with van der Waals surface area (Å²) >= 11 is 2.01. The Morgan fingerprint density at radius 2 is 2.33 bits per heavy atom. The molecule has 0 spiro atoms. The molecule has 0 fully saturated rings. The molecule has 0 aromatic rings. The molecule has 3 heteroatoms. The van der Waals surface area contributed by atoms with Gasteiger partial charge in [-0.25, -0.2) is 0 Å². The topological polar surface area (TPSA) is 26.3 Å². The van der Waals surface area contributed by atoms with Crippen LogP contribution in [-0.4, -0.2) is 23.6 Å². The molecule has 15 heavy (non-hydrogen) atoms. The highest BCUT2D eigenvalue weighted by Crippen LogP contribution is 2.24. The first-order valence-electron chi connectivity index (χ1n) is 5.77. The van der Waals surface area contributed by atoms with Crippen LogP contribution < -0.4 is 0 Å². The van der Waals surface area contributed by atoms with E-state index in [2.05, 4.69) is 12.2 Å². The molecule has 0 aromatic carbocycles. The van der Waals surface area contributed by atoms with E-state index < -0.39 is 0 Å². The van der Waals surface area contributed by atoms with Crippen LogP contribution in [0.15, 0.2) is 12.2 Å². The van der Waals surface area contributed by atoms with Gasteiger partial charge >= 0.3 is 5.97 Å². The zero-order valence-electron chi connectivity index (χ0n) is 9.41. The van der Waals surface area contributed by atoms with Crippen LogP contribution in [0.2, 0.25) is 0 Å². The third kappa shape index (κ3) is 5.88. The van der Waals surface area contributed by atoms with Gasteiger partial charge in [0, 0.05) is 17.4 Å². The highest BCUT2D eigenvalue weighted by molar-refractivity contribution is 8.00. The summed E-state index contributed by atoms with van der Waals surface area (Å²) in [5.41, 5.74) is 0. The summed E-state index contributed by atoms with van der Waals surface area (Å²) in [6, 6.07) is 0. The summed E-state index contributed by atoms with van der Waals surface area (Å²) in [6.07, 6.45) is 9.72. The van der Waals surface area contributed by atoms with E-state index in [4.69, 9.17) is 4.74 Å². The van der Waals surface area contributed by atoms with Crippen molar-refractivity contribution in [2.75, 3.05) is 12.4 Å². The smallest absolute Gasteiger partial charge is 0.305 e. The van der Waals surface area contributed by atoms with Crippen LogP contribution in [0.5, 0.6) is 0 Å². The number of thioether (sulfide) groups is 1. The number of hydrogen-bond donors (Lipinski definition) is 0. The number of carbonyl (C=O) groups excluding carboxylic acids is 1. The molecule has 1 heterocycles. The Morgan fingerprint density at radius 3 is 3.00 bits per heavy atom. The summed E-state index contributed by atoms with van der Waals surface area (Å²) in [7, 11) is 0. The van der Waals surface area contributed by atoms with Crippen molar-refractivity contribution in [3.8, 4) is 0 Å². The lowest BCUT2D eigenvalue weighted by atomic mass is 10.1. The van der Waals surface area contributed by atoms with Crippen LogP contribution in [0.4, 0.5) is 0 Å². The molecular formula is C12H20O2S. The van der Waals surface area contributed by atoms with E-state index in [-0.39, 0.29) is 5.97 Å². The zero-order valence-corrected chi connectivity index (χ0v) is 10.2. The second-order valence-electron chi connectivity index (χ2n) is 3.70. The lowest BCUT2D eigenvalue weighted by Gasteiger charge is -2.06. The van der Waals surface area contributed by atoms with Crippen molar-refractivity contribution in [1.82, 2.24) is 0 Å². The Hall–Kier alpha value is -0.440. The van der Waals surface area contributed by atoms with E-state index in [0.29, 0.717) is 13.0 Å². The van der Waals surface area contributed by atoms with E-state index in [9.17, 15) is 4.79 Å². The van der Waals surface area contributed by atoms with Gasteiger partial charge in [-0.2, -0.15) is 11.8 Å². The van der Waals surface area contributed by atoms with Gasteiger partial charge in [-0.3, -0.25) is 4.79 Å². The lowest BCUT2D eigenvalue weighted by Crippen LogP contribution is -2.03. The number of ether oxygens (including phenoxy) is 1. The van der Waals surface area contributed by atoms with Crippen molar-refractivity contribution in [2.24, 2.45) is 0 Å². The highest BCUT2D eigenvalue weighted by atomic mass is 32.2. The molecule has 0 saturated heterocycles. The highest BCUT2D eigenvalue weighted by Gasteiger charge is 2.08. The molecule has 0 radical (unpaired) electrons. The molecule has 0 aromatic heterocycles. The van der Waals surface area contributed by atoms with Gasteiger partial charge in [-0.05, 0) is 19.8 Å². The average Bonchev–Trinajstić information content (AvgIpc) is 2.70. The van der Waals surface area contributed by atoms with Gasteiger partial charge in [0.25, 0.3) is 0 Å². The fourth-order valence-electron chi connectivity index (χ4n) is 1.65. The molecule has 0 N–H and O–H groups in total. The van der Waals surface area contributed by atoms with Gasteiger partial charge in [0.15, 0.2) is 0 Å². The van der Waals surface area contributed by atoms with Crippen molar-refractivity contribution in [3.63, 3.8) is 0 Å². The van der Waals surface area contributed by atoms with E-state index in [1.165, 1.54) is 18.6 Å². The predicted octanol–water partition coefficient (Wildman–Crippen LogP) is 3.17. The molecule has 0 amide bonds. The second kappa shape index (κ2) is 7.80. The predicted molar refractivity (Wildman–Crippen MR) is 65.1 cm³/mol. The molecular weight excluding hydrogens is 208 g/mol. The van der Waals surface area contributed by atoms with Gasteiger partial charge < -0.3 is 4.74 Å². The third-order valence-corrected chi connectivity index (χ3v) is 3.64. The maximum absolute atomic E-state index is 11.0. The number of unbranched alkanes of at least 4 members (excludes halogenated alkanes) is 2. The quantitative estimate of drug-likeness (QED) is 0.380.